The van der Waals surface area contributed by atoms with Gasteiger partial charge in [0.05, 0.1) is 21.0 Å². The van der Waals surface area contributed by atoms with Crippen LogP contribution in [0.15, 0.2) is 12.1 Å². The maximum Gasteiger partial charge on any atom is 0.236 e. The van der Waals surface area contributed by atoms with E-state index in [1.807, 2.05) is 0 Å². The fraction of sp³-hybridized carbons (Fsp3) is 0.455. The first kappa shape index (κ1) is 14.8. The van der Waals surface area contributed by atoms with Crippen LogP contribution in [0.4, 0.5) is 10.1 Å². The van der Waals surface area contributed by atoms with Crippen LogP contribution >= 0.6 is 23.2 Å². The Morgan fingerprint density at radius 1 is 1.32 bits per heavy atom. The zero-order chi connectivity index (χ0) is 14.0. The van der Waals surface area contributed by atoms with E-state index in [1.165, 1.54) is 12.1 Å². The minimum Gasteiger partial charge on any atom is -0.315 e. The van der Waals surface area contributed by atoms with Gasteiger partial charge < -0.3 is 5.32 Å². The molecule has 1 saturated heterocycles. The van der Waals surface area contributed by atoms with E-state index >= 15 is 0 Å². The molecular formula is C11H13Cl2FN2O2S. The Morgan fingerprint density at radius 2 is 1.95 bits per heavy atom. The number of anilines is 1. The third-order valence-electron chi connectivity index (χ3n) is 2.93. The molecule has 0 bridgehead atoms. The van der Waals surface area contributed by atoms with E-state index in [2.05, 4.69) is 10.0 Å². The minimum absolute atomic E-state index is 0.168. The Morgan fingerprint density at radius 3 is 2.47 bits per heavy atom. The van der Waals surface area contributed by atoms with Crippen molar-refractivity contribution in [1.82, 2.24) is 5.32 Å². The van der Waals surface area contributed by atoms with E-state index < -0.39 is 21.1 Å². The zero-order valence-corrected chi connectivity index (χ0v) is 12.2. The van der Waals surface area contributed by atoms with Crippen molar-refractivity contribution in [2.75, 3.05) is 17.8 Å². The Kier molecular flexibility index (Phi) is 4.55. The first-order valence-electron chi connectivity index (χ1n) is 5.77. The van der Waals surface area contributed by atoms with E-state index in [9.17, 15) is 12.8 Å². The molecule has 1 aliphatic rings. The summed E-state index contributed by atoms with van der Waals surface area (Å²) in [5.74, 6) is -0.759. The molecule has 0 saturated carbocycles. The maximum absolute atomic E-state index is 13.2. The average molecular weight is 327 g/mol. The van der Waals surface area contributed by atoms with Crippen LogP contribution in [0.3, 0.4) is 0 Å². The van der Waals surface area contributed by atoms with E-state index in [0.717, 1.165) is 13.0 Å². The van der Waals surface area contributed by atoms with Crippen LogP contribution in [0.2, 0.25) is 10.0 Å². The number of hydrogen-bond acceptors (Lipinski definition) is 3. The van der Waals surface area contributed by atoms with Crippen LogP contribution in [0.1, 0.15) is 12.8 Å². The van der Waals surface area contributed by atoms with E-state index in [1.54, 1.807) is 0 Å². The van der Waals surface area contributed by atoms with E-state index in [-0.39, 0.29) is 15.7 Å². The highest BCUT2D eigenvalue weighted by Crippen LogP contribution is 2.28. The summed E-state index contributed by atoms with van der Waals surface area (Å²) >= 11 is 11.3. The Bertz CT molecular complexity index is 551. The summed E-state index contributed by atoms with van der Waals surface area (Å²) in [6, 6.07) is 2.41. The normalized spacial score (nSPS) is 20.3. The smallest absolute Gasteiger partial charge is 0.236 e. The van der Waals surface area contributed by atoms with Crippen LogP contribution in [0.25, 0.3) is 0 Å². The lowest BCUT2D eigenvalue weighted by Crippen LogP contribution is -2.41. The quantitative estimate of drug-likeness (QED) is 0.839. The van der Waals surface area contributed by atoms with Gasteiger partial charge in [-0.05, 0) is 31.5 Å². The standard InChI is InChI=1S/C11H13Cl2FN2O2S/c12-9-4-7(5-10(13)11(9)14)16-19(17,18)8-2-1-3-15-6-8/h4-5,8,15-16H,1-3,6H2. The number of sulfonamides is 1. The SMILES string of the molecule is O=S(=O)(Nc1cc(Cl)c(F)c(Cl)c1)C1CCCNC1. The molecule has 2 N–H and O–H groups in total. The molecule has 8 heteroatoms. The summed E-state index contributed by atoms with van der Waals surface area (Å²) in [5.41, 5.74) is 0.168. The lowest BCUT2D eigenvalue weighted by Gasteiger charge is -2.23. The molecule has 0 aromatic heterocycles. The van der Waals surface area contributed by atoms with Crippen LogP contribution in [0.5, 0.6) is 0 Å². The highest BCUT2D eigenvalue weighted by Gasteiger charge is 2.27. The van der Waals surface area contributed by atoms with Gasteiger partial charge in [-0.25, -0.2) is 12.8 Å². The second kappa shape index (κ2) is 5.83. The van der Waals surface area contributed by atoms with Crippen molar-refractivity contribution in [3.8, 4) is 0 Å². The molecule has 19 heavy (non-hydrogen) atoms. The van der Waals surface area contributed by atoms with Crippen molar-refractivity contribution in [3.05, 3.63) is 28.0 Å². The number of piperidine rings is 1. The average Bonchev–Trinajstić information content (AvgIpc) is 2.36. The molecule has 1 aliphatic heterocycles. The lowest BCUT2D eigenvalue weighted by atomic mass is 10.2. The van der Waals surface area contributed by atoms with Crippen molar-refractivity contribution in [2.45, 2.75) is 18.1 Å². The van der Waals surface area contributed by atoms with Gasteiger partial charge in [-0.15, -0.1) is 0 Å². The summed E-state index contributed by atoms with van der Waals surface area (Å²) in [6.07, 6.45) is 1.39. The molecule has 1 heterocycles. The van der Waals surface area contributed by atoms with Gasteiger partial charge in [-0.1, -0.05) is 23.2 Å². The first-order chi connectivity index (χ1) is 8.90. The molecule has 106 valence electrons. The summed E-state index contributed by atoms with van der Waals surface area (Å²) in [4.78, 5) is 0. The Balaban J connectivity index is 2.20. The van der Waals surface area contributed by atoms with Crippen LogP contribution in [-0.4, -0.2) is 26.8 Å². The van der Waals surface area contributed by atoms with Crippen molar-refractivity contribution >= 4 is 38.9 Å². The summed E-state index contributed by atoms with van der Waals surface area (Å²) in [6.45, 7) is 1.22. The second-order valence-corrected chi connectivity index (χ2v) is 7.14. The molecule has 1 aromatic rings. The molecule has 1 unspecified atom stereocenters. The third kappa shape index (κ3) is 3.51. The predicted molar refractivity (Wildman–Crippen MR) is 74.9 cm³/mol. The van der Waals surface area contributed by atoms with Crippen molar-refractivity contribution < 1.29 is 12.8 Å². The van der Waals surface area contributed by atoms with Gasteiger partial charge in [0, 0.05) is 6.54 Å². The first-order valence-corrected chi connectivity index (χ1v) is 8.07. The summed E-state index contributed by atoms with van der Waals surface area (Å²) < 4.78 is 39.9. The van der Waals surface area contributed by atoms with Gasteiger partial charge in [-0.3, -0.25) is 4.72 Å². The van der Waals surface area contributed by atoms with Crippen LogP contribution < -0.4 is 10.0 Å². The molecular weight excluding hydrogens is 314 g/mol. The molecule has 0 radical (unpaired) electrons. The van der Waals surface area contributed by atoms with Gasteiger partial charge in [-0.2, -0.15) is 0 Å². The molecule has 1 atom stereocenters. The highest BCUT2D eigenvalue weighted by molar-refractivity contribution is 7.93. The van der Waals surface area contributed by atoms with Gasteiger partial charge in [0.1, 0.15) is 0 Å². The molecule has 0 spiro atoms. The largest absolute Gasteiger partial charge is 0.315 e. The van der Waals surface area contributed by atoms with E-state index in [0.29, 0.717) is 13.0 Å². The number of nitrogens with one attached hydrogen (secondary N) is 2. The van der Waals surface area contributed by atoms with Crippen LogP contribution in [0, 0.1) is 5.82 Å². The molecule has 2 rings (SSSR count). The molecule has 0 aliphatic carbocycles. The van der Waals surface area contributed by atoms with Crippen LogP contribution in [-0.2, 0) is 10.0 Å². The topological polar surface area (TPSA) is 58.2 Å². The predicted octanol–water partition coefficient (Wildman–Crippen LogP) is 2.63. The van der Waals surface area contributed by atoms with E-state index in [4.69, 9.17) is 23.2 Å². The van der Waals surface area contributed by atoms with Gasteiger partial charge >= 0.3 is 0 Å². The monoisotopic (exact) mass is 326 g/mol. The number of halogens is 3. The Labute approximate surface area is 121 Å². The fourth-order valence-corrected chi connectivity index (χ4v) is 3.86. The number of hydrogen-bond donors (Lipinski definition) is 2. The second-order valence-electron chi connectivity index (χ2n) is 4.37. The van der Waals surface area contributed by atoms with Crippen molar-refractivity contribution in [1.29, 1.82) is 0 Å². The van der Waals surface area contributed by atoms with Gasteiger partial charge in [0.2, 0.25) is 10.0 Å². The maximum atomic E-state index is 13.2. The summed E-state index contributed by atoms with van der Waals surface area (Å²) in [5, 5.41) is 2.09. The van der Waals surface area contributed by atoms with Gasteiger partial charge in [0.15, 0.2) is 5.82 Å². The number of rotatable bonds is 3. The molecule has 1 aromatic carbocycles. The molecule has 0 amide bonds. The van der Waals surface area contributed by atoms with Crippen molar-refractivity contribution in [3.63, 3.8) is 0 Å². The Hall–Kier alpha value is -0.560. The highest BCUT2D eigenvalue weighted by atomic mass is 35.5. The molecule has 4 nitrogen and oxygen atoms in total. The third-order valence-corrected chi connectivity index (χ3v) is 5.28. The fourth-order valence-electron chi connectivity index (χ4n) is 1.95. The van der Waals surface area contributed by atoms with Gasteiger partial charge in [0.25, 0.3) is 0 Å². The zero-order valence-electron chi connectivity index (χ0n) is 9.92. The van der Waals surface area contributed by atoms with Crippen molar-refractivity contribution in [2.24, 2.45) is 0 Å². The minimum atomic E-state index is -3.53. The number of benzene rings is 1. The molecule has 1 fully saturated rings. The summed E-state index contributed by atoms with van der Waals surface area (Å²) in [7, 11) is -3.53. The lowest BCUT2D eigenvalue weighted by molar-refractivity contribution is 0.499.